The van der Waals surface area contributed by atoms with Gasteiger partial charge in [-0.2, -0.15) is 0 Å². The summed E-state index contributed by atoms with van der Waals surface area (Å²) in [5, 5.41) is 0. The van der Waals surface area contributed by atoms with E-state index in [4.69, 9.17) is 12.2 Å². The minimum Gasteiger partial charge on any atom is -0.347 e. The molecule has 0 fully saturated rings. The van der Waals surface area contributed by atoms with Crippen LogP contribution < -0.4 is 0 Å². The van der Waals surface area contributed by atoms with E-state index in [0.29, 0.717) is 10.6 Å². The molecule has 0 amide bonds. The van der Waals surface area contributed by atoms with Gasteiger partial charge in [0.1, 0.15) is 10.5 Å². The summed E-state index contributed by atoms with van der Waals surface area (Å²) in [6.07, 6.45) is 1.96. The maximum Gasteiger partial charge on any atom is 0.129 e. The predicted octanol–water partition coefficient (Wildman–Crippen LogP) is 3.93. The maximum absolute atomic E-state index is 5.20. The van der Waals surface area contributed by atoms with Crippen molar-refractivity contribution in [3.05, 3.63) is 22.2 Å². The maximum atomic E-state index is 5.20. The first-order chi connectivity index (χ1) is 7.26. The molecule has 1 aromatic rings. The number of nitrogens with one attached hydrogen (secondary N) is 1. The summed E-state index contributed by atoms with van der Waals surface area (Å²) < 4.78 is 0.702. The molecule has 0 aliphatic carbocycles. The Bertz CT molecular complexity index is 399. The summed E-state index contributed by atoms with van der Waals surface area (Å²) in [6, 6.07) is 1.97. The highest BCUT2D eigenvalue weighted by atomic mass is 32.1. The number of aromatic amines is 1. The number of H-pyrrole nitrogens is 1. The van der Waals surface area contributed by atoms with E-state index >= 15 is 0 Å². The fourth-order valence-electron chi connectivity index (χ4n) is 1.70. The first kappa shape index (κ1) is 13.4. The van der Waals surface area contributed by atoms with Crippen LogP contribution in [0.2, 0.25) is 0 Å². The van der Waals surface area contributed by atoms with Gasteiger partial charge in [-0.05, 0) is 23.8 Å². The smallest absolute Gasteiger partial charge is 0.129 e. The second-order valence-corrected chi connectivity index (χ2v) is 6.44. The van der Waals surface area contributed by atoms with E-state index < -0.39 is 0 Å². The highest BCUT2D eigenvalue weighted by Gasteiger charge is 2.13. The molecule has 0 saturated heterocycles. The minimum absolute atomic E-state index is 0.238. The van der Waals surface area contributed by atoms with Crippen molar-refractivity contribution in [1.29, 1.82) is 0 Å². The fraction of sp³-hybridized carbons (Fsp3) is 0.692. The van der Waals surface area contributed by atoms with Crippen molar-refractivity contribution in [2.24, 2.45) is 11.3 Å². The molecule has 2 nitrogen and oxygen atoms in total. The van der Waals surface area contributed by atoms with E-state index in [-0.39, 0.29) is 5.41 Å². The van der Waals surface area contributed by atoms with Crippen LogP contribution in [-0.4, -0.2) is 9.97 Å². The minimum atomic E-state index is 0.238. The molecule has 0 saturated carbocycles. The van der Waals surface area contributed by atoms with E-state index in [9.17, 15) is 0 Å². The van der Waals surface area contributed by atoms with Crippen LogP contribution in [0.4, 0.5) is 0 Å². The van der Waals surface area contributed by atoms with E-state index in [0.717, 1.165) is 18.7 Å². The topological polar surface area (TPSA) is 28.7 Å². The first-order valence-corrected chi connectivity index (χ1v) is 6.26. The summed E-state index contributed by atoms with van der Waals surface area (Å²) >= 11 is 5.20. The Hall–Kier alpha value is -0.700. The zero-order valence-electron chi connectivity index (χ0n) is 10.9. The third-order valence-corrected chi connectivity index (χ3v) is 2.38. The average molecular weight is 238 g/mol. The van der Waals surface area contributed by atoms with E-state index in [2.05, 4.69) is 44.6 Å². The molecule has 0 aliphatic rings. The lowest BCUT2D eigenvalue weighted by Gasteiger charge is -2.18. The van der Waals surface area contributed by atoms with Gasteiger partial charge < -0.3 is 4.98 Å². The monoisotopic (exact) mass is 238 g/mol. The third-order valence-electron chi connectivity index (χ3n) is 2.17. The normalized spacial score (nSPS) is 12.1. The van der Waals surface area contributed by atoms with Crippen LogP contribution in [0, 0.1) is 16.0 Å². The average Bonchev–Trinajstić information content (AvgIpc) is 1.96. The molecule has 0 spiro atoms. The molecular weight excluding hydrogens is 216 g/mol. The number of rotatable bonds is 3. The van der Waals surface area contributed by atoms with Crippen LogP contribution in [0.1, 0.15) is 46.1 Å². The molecule has 90 valence electrons. The Morgan fingerprint density at radius 2 is 2.00 bits per heavy atom. The van der Waals surface area contributed by atoms with Crippen molar-refractivity contribution in [1.82, 2.24) is 9.97 Å². The van der Waals surface area contributed by atoms with Gasteiger partial charge in [-0.25, -0.2) is 4.98 Å². The number of hydrogen-bond acceptors (Lipinski definition) is 2. The summed E-state index contributed by atoms with van der Waals surface area (Å²) in [6.45, 7) is 11.0. The second kappa shape index (κ2) is 5.09. The Labute approximate surface area is 104 Å². The van der Waals surface area contributed by atoms with Crippen LogP contribution in [0.5, 0.6) is 0 Å². The molecule has 0 aliphatic heterocycles. The Balaban J connectivity index is 2.94. The van der Waals surface area contributed by atoms with Crippen molar-refractivity contribution in [3.8, 4) is 0 Å². The van der Waals surface area contributed by atoms with Crippen molar-refractivity contribution in [2.75, 3.05) is 0 Å². The van der Waals surface area contributed by atoms with Gasteiger partial charge >= 0.3 is 0 Å². The lowest BCUT2D eigenvalue weighted by molar-refractivity contribution is 0.399. The quantitative estimate of drug-likeness (QED) is 0.808. The lowest BCUT2D eigenvalue weighted by atomic mass is 9.92. The van der Waals surface area contributed by atoms with Crippen molar-refractivity contribution < 1.29 is 0 Å². The van der Waals surface area contributed by atoms with Crippen molar-refractivity contribution in [3.63, 3.8) is 0 Å². The Kier molecular flexibility index (Phi) is 4.25. The highest BCUT2D eigenvalue weighted by molar-refractivity contribution is 7.71. The number of hydrogen-bond donors (Lipinski definition) is 1. The highest BCUT2D eigenvalue weighted by Crippen LogP contribution is 2.18. The van der Waals surface area contributed by atoms with Gasteiger partial charge in [0.05, 0.1) is 0 Å². The fourth-order valence-corrected chi connectivity index (χ4v) is 1.95. The summed E-state index contributed by atoms with van der Waals surface area (Å²) in [7, 11) is 0. The van der Waals surface area contributed by atoms with Crippen LogP contribution in [0.15, 0.2) is 6.07 Å². The molecule has 0 radical (unpaired) electrons. The van der Waals surface area contributed by atoms with Gasteiger partial charge in [-0.3, -0.25) is 0 Å². The molecule has 0 bridgehead atoms. The zero-order chi connectivity index (χ0) is 12.3. The molecular formula is C13H22N2S. The SMILES string of the molecule is CC(C)Cc1cc(=S)nc(CC(C)(C)C)[nH]1. The molecule has 0 unspecified atom stereocenters. The molecule has 3 heteroatoms. The van der Waals surface area contributed by atoms with Gasteiger partial charge in [-0.1, -0.05) is 46.8 Å². The van der Waals surface area contributed by atoms with Gasteiger partial charge in [0.15, 0.2) is 0 Å². The van der Waals surface area contributed by atoms with Gasteiger partial charge in [0.25, 0.3) is 0 Å². The van der Waals surface area contributed by atoms with Crippen LogP contribution in [-0.2, 0) is 12.8 Å². The number of nitrogens with zero attached hydrogens (tertiary/aromatic N) is 1. The second-order valence-electron chi connectivity index (χ2n) is 6.03. The van der Waals surface area contributed by atoms with Crippen LogP contribution in [0.25, 0.3) is 0 Å². The van der Waals surface area contributed by atoms with E-state index in [1.165, 1.54) is 5.69 Å². The molecule has 1 heterocycles. The van der Waals surface area contributed by atoms with E-state index in [1.807, 2.05) is 6.07 Å². The predicted molar refractivity (Wildman–Crippen MR) is 71.1 cm³/mol. The Morgan fingerprint density at radius 3 is 2.50 bits per heavy atom. The van der Waals surface area contributed by atoms with E-state index in [1.54, 1.807) is 0 Å². The molecule has 16 heavy (non-hydrogen) atoms. The van der Waals surface area contributed by atoms with Crippen LogP contribution >= 0.6 is 12.2 Å². The molecule has 0 aromatic carbocycles. The van der Waals surface area contributed by atoms with Gasteiger partial charge in [0.2, 0.25) is 0 Å². The largest absolute Gasteiger partial charge is 0.347 e. The number of aromatic nitrogens is 2. The molecule has 1 N–H and O–H groups in total. The van der Waals surface area contributed by atoms with Gasteiger partial charge in [0, 0.05) is 12.1 Å². The third kappa shape index (κ3) is 4.88. The summed E-state index contributed by atoms with van der Waals surface area (Å²) in [5.74, 6) is 1.64. The molecule has 1 rings (SSSR count). The molecule has 1 aromatic heterocycles. The van der Waals surface area contributed by atoms with Gasteiger partial charge in [-0.15, -0.1) is 0 Å². The zero-order valence-corrected chi connectivity index (χ0v) is 11.7. The van der Waals surface area contributed by atoms with Crippen molar-refractivity contribution in [2.45, 2.75) is 47.5 Å². The summed E-state index contributed by atoms with van der Waals surface area (Å²) in [5.41, 5.74) is 1.44. The van der Waals surface area contributed by atoms with Crippen molar-refractivity contribution >= 4 is 12.2 Å². The summed E-state index contributed by atoms with van der Waals surface area (Å²) in [4.78, 5) is 7.78. The lowest BCUT2D eigenvalue weighted by Crippen LogP contribution is -2.13. The van der Waals surface area contributed by atoms with Crippen LogP contribution in [0.3, 0.4) is 0 Å². The first-order valence-electron chi connectivity index (χ1n) is 5.85. The Morgan fingerprint density at radius 1 is 1.38 bits per heavy atom. The standard InChI is InChI=1S/C13H22N2S/c1-9(2)6-10-7-12(16)15-11(14-10)8-13(3,4)5/h7,9H,6,8H2,1-5H3,(H,14,15,16). The molecule has 0 atom stereocenters.